The number of hydrogen-bond acceptors (Lipinski definition) is 4. The van der Waals surface area contributed by atoms with E-state index in [1.807, 2.05) is 18.7 Å². The standard InChI is InChI=1S/C21H30N2OS/c1-6-21(4,5)17-9-11-18(12-10-17)23-15(2)20(16(3)24)22-14-19-8-7-13-25-19/h7,9-13,19,22-23H,6,8,14H2,1-5H3/b20-15-. The summed E-state index contributed by atoms with van der Waals surface area (Å²) in [6.07, 6.45) is 4.34. The normalized spacial score (nSPS) is 18.0. The summed E-state index contributed by atoms with van der Waals surface area (Å²) >= 11 is 1.82. The van der Waals surface area contributed by atoms with E-state index in [0.717, 1.165) is 30.8 Å². The van der Waals surface area contributed by atoms with E-state index >= 15 is 0 Å². The molecule has 2 N–H and O–H groups in total. The first-order valence-corrected chi connectivity index (χ1v) is 9.91. The molecule has 0 fully saturated rings. The van der Waals surface area contributed by atoms with Gasteiger partial charge >= 0.3 is 0 Å². The van der Waals surface area contributed by atoms with Crippen LogP contribution in [-0.2, 0) is 10.2 Å². The quantitative estimate of drug-likeness (QED) is 0.626. The Morgan fingerprint density at radius 2 is 1.92 bits per heavy atom. The molecule has 0 amide bonds. The minimum Gasteiger partial charge on any atom is -0.380 e. The van der Waals surface area contributed by atoms with Crippen molar-refractivity contribution in [2.75, 3.05) is 11.9 Å². The van der Waals surface area contributed by atoms with Crippen molar-refractivity contribution >= 4 is 23.2 Å². The Morgan fingerprint density at radius 1 is 1.24 bits per heavy atom. The second kappa shape index (κ2) is 8.61. The lowest BCUT2D eigenvalue weighted by molar-refractivity contribution is -0.114. The summed E-state index contributed by atoms with van der Waals surface area (Å²) in [5.74, 6) is 0.0599. The SMILES string of the molecule is CCC(C)(C)c1ccc(N/C(C)=C(\NCC2CC=CS2)C(C)=O)cc1. The average Bonchev–Trinajstić information content (AvgIpc) is 3.08. The number of carbonyl (C=O) groups is 1. The van der Waals surface area contributed by atoms with Gasteiger partial charge in [-0.15, -0.1) is 11.8 Å². The van der Waals surface area contributed by atoms with Crippen molar-refractivity contribution in [3.8, 4) is 0 Å². The molecule has 1 unspecified atom stereocenters. The van der Waals surface area contributed by atoms with Gasteiger partial charge in [-0.05, 0) is 48.3 Å². The van der Waals surface area contributed by atoms with Crippen molar-refractivity contribution in [1.82, 2.24) is 5.32 Å². The maximum atomic E-state index is 12.0. The van der Waals surface area contributed by atoms with Crippen molar-refractivity contribution in [2.45, 2.75) is 58.1 Å². The van der Waals surface area contributed by atoms with Crippen LogP contribution in [0.1, 0.15) is 53.0 Å². The van der Waals surface area contributed by atoms with Crippen LogP contribution in [-0.4, -0.2) is 17.6 Å². The van der Waals surface area contributed by atoms with Gasteiger partial charge in [0.15, 0.2) is 5.78 Å². The summed E-state index contributed by atoms with van der Waals surface area (Å²) in [6.45, 7) is 11.1. The fourth-order valence-electron chi connectivity index (χ4n) is 2.79. The first kappa shape index (κ1) is 19.6. The molecule has 1 heterocycles. The lowest BCUT2D eigenvalue weighted by Gasteiger charge is -2.23. The van der Waals surface area contributed by atoms with Gasteiger partial charge in [0.1, 0.15) is 0 Å². The lowest BCUT2D eigenvalue weighted by Crippen LogP contribution is -2.28. The Hall–Kier alpha value is -1.68. The van der Waals surface area contributed by atoms with Gasteiger partial charge in [0.05, 0.1) is 5.70 Å². The Bertz CT molecular complexity index is 651. The molecule has 0 saturated heterocycles. The number of carbonyl (C=O) groups excluding carboxylic acids is 1. The number of rotatable bonds is 8. The van der Waals surface area contributed by atoms with Crippen LogP contribution in [0.15, 0.2) is 47.1 Å². The van der Waals surface area contributed by atoms with Crippen LogP contribution in [0.5, 0.6) is 0 Å². The highest BCUT2D eigenvalue weighted by Crippen LogP contribution is 2.28. The summed E-state index contributed by atoms with van der Waals surface area (Å²) in [4.78, 5) is 12.0. The fraction of sp³-hybridized carbons (Fsp3) is 0.476. The van der Waals surface area contributed by atoms with E-state index in [0.29, 0.717) is 10.9 Å². The molecule has 1 atom stereocenters. The number of anilines is 1. The lowest BCUT2D eigenvalue weighted by atomic mass is 9.82. The molecule has 1 aromatic rings. The Kier molecular flexibility index (Phi) is 6.77. The molecular weight excluding hydrogens is 328 g/mol. The first-order valence-electron chi connectivity index (χ1n) is 8.97. The van der Waals surface area contributed by atoms with Crippen LogP contribution in [0.2, 0.25) is 0 Å². The van der Waals surface area contributed by atoms with E-state index in [-0.39, 0.29) is 11.2 Å². The average molecular weight is 359 g/mol. The molecule has 0 bridgehead atoms. The van der Waals surface area contributed by atoms with Crippen molar-refractivity contribution in [3.63, 3.8) is 0 Å². The van der Waals surface area contributed by atoms with E-state index in [2.05, 4.69) is 67.2 Å². The second-order valence-corrected chi connectivity index (χ2v) is 8.45. The smallest absolute Gasteiger partial charge is 0.177 e. The summed E-state index contributed by atoms with van der Waals surface area (Å²) in [5.41, 5.74) is 4.06. The van der Waals surface area contributed by atoms with Gasteiger partial charge in [-0.2, -0.15) is 0 Å². The fourth-order valence-corrected chi connectivity index (χ4v) is 3.63. The van der Waals surface area contributed by atoms with Crippen molar-refractivity contribution in [3.05, 3.63) is 52.7 Å². The zero-order valence-electron chi connectivity index (χ0n) is 16.0. The maximum absolute atomic E-state index is 12.0. The molecule has 2 rings (SSSR count). The van der Waals surface area contributed by atoms with Crippen molar-refractivity contribution in [2.24, 2.45) is 0 Å². The number of ketones is 1. The van der Waals surface area contributed by atoms with Crippen LogP contribution in [0.3, 0.4) is 0 Å². The Labute approximate surface area is 156 Å². The Morgan fingerprint density at radius 3 is 2.44 bits per heavy atom. The molecule has 0 radical (unpaired) electrons. The molecule has 136 valence electrons. The summed E-state index contributed by atoms with van der Waals surface area (Å²) in [6, 6.07) is 8.51. The summed E-state index contributed by atoms with van der Waals surface area (Å²) in [7, 11) is 0. The van der Waals surface area contributed by atoms with Gasteiger partial charge in [-0.3, -0.25) is 4.79 Å². The number of benzene rings is 1. The zero-order valence-corrected chi connectivity index (χ0v) is 16.8. The molecule has 3 nitrogen and oxygen atoms in total. The number of allylic oxidation sites excluding steroid dienone is 3. The second-order valence-electron chi connectivity index (χ2n) is 7.24. The molecule has 1 aliphatic rings. The van der Waals surface area contributed by atoms with Crippen LogP contribution >= 0.6 is 11.8 Å². The van der Waals surface area contributed by atoms with Gasteiger partial charge in [-0.25, -0.2) is 0 Å². The highest BCUT2D eigenvalue weighted by atomic mass is 32.2. The highest BCUT2D eigenvalue weighted by Gasteiger charge is 2.18. The molecule has 0 spiro atoms. The topological polar surface area (TPSA) is 41.1 Å². The maximum Gasteiger partial charge on any atom is 0.177 e. The van der Waals surface area contributed by atoms with E-state index < -0.39 is 0 Å². The van der Waals surface area contributed by atoms with E-state index in [1.54, 1.807) is 6.92 Å². The third-order valence-electron chi connectivity index (χ3n) is 4.88. The van der Waals surface area contributed by atoms with Crippen LogP contribution in [0.4, 0.5) is 5.69 Å². The predicted molar refractivity (Wildman–Crippen MR) is 110 cm³/mol. The van der Waals surface area contributed by atoms with Crippen molar-refractivity contribution < 1.29 is 4.79 Å². The Balaban J connectivity index is 2.06. The van der Waals surface area contributed by atoms with E-state index in [1.165, 1.54) is 5.56 Å². The number of hydrogen-bond donors (Lipinski definition) is 2. The molecule has 25 heavy (non-hydrogen) atoms. The van der Waals surface area contributed by atoms with E-state index in [4.69, 9.17) is 0 Å². The van der Waals surface area contributed by atoms with E-state index in [9.17, 15) is 4.79 Å². The highest BCUT2D eigenvalue weighted by molar-refractivity contribution is 8.03. The molecule has 1 aliphatic heterocycles. The number of thioether (sulfide) groups is 1. The molecule has 0 aliphatic carbocycles. The van der Waals surface area contributed by atoms with Gasteiger partial charge in [-0.1, -0.05) is 39.0 Å². The van der Waals surface area contributed by atoms with Crippen molar-refractivity contribution in [1.29, 1.82) is 0 Å². The largest absolute Gasteiger partial charge is 0.380 e. The number of nitrogens with one attached hydrogen (secondary N) is 2. The summed E-state index contributed by atoms with van der Waals surface area (Å²) in [5, 5.41) is 9.35. The third-order valence-corrected chi connectivity index (χ3v) is 5.98. The van der Waals surface area contributed by atoms with Crippen LogP contribution in [0, 0.1) is 0 Å². The van der Waals surface area contributed by atoms with Gasteiger partial charge in [0.25, 0.3) is 0 Å². The molecule has 1 aromatic carbocycles. The third kappa shape index (κ3) is 5.40. The van der Waals surface area contributed by atoms with Crippen LogP contribution in [0.25, 0.3) is 0 Å². The first-order chi connectivity index (χ1) is 11.8. The van der Waals surface area contributed by atoms with Crippen LogP contribution < -0.4 is 10.6 Å². The van der Waals surface area contributed by atoms with Gasteiger partial charge < -0.3 is 10.6 Å². The van der Waals surface area contributed by atoms with Gasteiger partial charge in [0, 0.05) is 30.1 Å². The summed E-state index contributed by atoms with van der Waals surface area (Å²) < 4.78 is 0. The molecule has 4 heteroatoms. The predicted octanol–water partition coefficient (Wildman–Crippen LogP) is 5.22. The molecule has 0 saturated carbocycles. The minimum absolute atomic E-state index is 0.0599. The zero-order chi connectivity index (χ0) is 18.4. The molecule has 0 aromatic heterocycles. The monoisotopic (exact) mass is 358 g/mol. The molecular formula is C21H30N2OS. The minimum atomic E-state index is 0.0599. The van der Waals surface area contributed by atoms with Gasteiger partial charge in [0.2, 0.25) is 0 Å². The number of Topliss-reactive ketones (excluding diaryl/α,β-unsaturated/α-hetero) is 1.